The van der Waals surface area contributed by atoms with Gasteiger partial charge in [-0.15, -0.1) is 0 Å². The fraction of sp³-hybridized carbons (Fsp3) is 0.471. The van der Waals surface area contributed by atoms with Crippen LogP contribution < -0.4 is 4.74 Å². The molecule has 0 aromatic heterocycles. The van der Waals surface area contributed by atoms with Crippen molar-refractivity contribution in [3.8, 4) is 11.5 Å². The molecule has 0 radical (unpaired) electrons. The summed E-state index contributed by atoms with van der Waals surface area (Å²) in [6.07, 6.45) is 2.43. The average Bonchev–Trinajstić information content (AvgIpc) is 2.74. The molecule has 1 aromatic rings. The van der Waals surface area contributed by atoms with Gasteiger partial charge in [-0.1, -0.05) is 6.08 Å². The van der Waals surface area contributed by atoms with Gasteiger partial charge in [0.1, 0.15) is 6.29 Å². The maximum Gasteiger partial charge on any atom is 0.491 e. The van der Waals surface area contributed by atoms with Crippen LogP contribution in [-0.2, 0) is 9.31 Å². The maximum atomic E-state index is 11.1. The molecule has 1 N–H and O–H groups in total. The van der Waals surface area contributed by atoms with Crippen LogP contribution in [0.5, 0.6) is 11.5 Å². The highest BCUT2D eigenvalue weighted by Crippen LogP contribution is 2.40. The van der Waals surface area contributed by atoms with E-state index in [1.165, 1.54) is 13.2 Å². The molecule has 1 fully saturated rings. The first-order chi connectivity index (χ1) is 11.1. The number of aromatic hydroxyl groups is 1. The second kappa shape index (κ2) is 6.82. The molecule has 7 heteroatoms. The molecule has 0 atom stereocenters. The summed E-state index contributed by atoms with van der Waals surface area (Å²) in [5.74, 6) is 0.571. The molecular weight excluding hydrogens is 327 g/mol. The van der Waals surface area contributed by atoms with Crippen molar-refractivity contribution in [2.24, 2.45) is 0 Å². The lowest BCUT2D eigenvalue weighted by Gasteiger charge is -2.32. The highest BCUT2D eigenvalue weighted by molar-refractivity contribution is 7.80. The molecule has 1 aromatic carbocycles. The van der Waals surface area contributed by atoms with Gasteiger partial charge in [0.05, 0.1) is 18.3 Å². The molecular formula is C17H23BO5S. The van der Waals surface area contributed by atoms with Crippen LogP contribution in [0.4, 0.5) is 0 Å². The topological polar surface area (TPSA) is 65.0 Å². The van der Waals surface area contributed by atoms with Crippen molar-refractivity contribution in [2.75, 3.05) is 12.9 Å². The van der Waals surface area contributed by atoms with Crippen LogP contribution >= 0.6 is 12.6 Å². The predicted molar refractivity (Wildman–Crippen MR) is 98.0 cm³/mol. The van der Waals surface area contributed by atoms with E-state index in [9.17, 15) is 9.90 Å². The lowest BCUT2D eigenvalue weighted by atomic mass is 9.78. The van der Waals surface area contributed by atoms with Crippen LogP contribution in [-0.4, -0.2) is 42.6 Å². The molecule has 0 saturated carbocycles. The number of phenols is 1. The molecule has 2 rings (SSSR count). The van der Waals surface area contributed by atoms with Crippen LogP contribution in [0, 0.1) is 0 Å². The molecule has 0 aliphatic carbocycles. The van der Waals surface area contributed by atoms with E-state index in [4.69, 9.17) is 14.0 Å². The number of hydrogen-bond donors (Lipinski definition) is 2. The molecule has 1 aliphatic heterocycles. The minimum Gasteiger partial charge on any atom is -0.504 e. The van der Waals surface area contributed by atoms with Crippen molar-refractivity contribution in [1.29, 1.82) is 0 Å². The Balaban J connectivity index is 2.44. The van der Waals surface area contributed by atoms with Crippen LogP contribution in [0.2, 0.25) is 0 Å². The van der Waals surface area contributed by atoms with E-state index >= 15 is 0 Å². The molecule has 0 amide bonds. The Morgan fingerprint density at radius 2 is 1.88 bits per heavy atom. The van der Waals surface area contributed by atoms with Gasteiger partial charge in [-0.05, 0) is 45.3 Å². The number of aldehydes is 1. The third-order valence-electron chi connectivity index (χ3n) is 4.56. The van der Waals surface area contributed by atoms with E-state index in [0.717, 1.165) is 5.47 Å². The molecule has 24 heavy (non-hydrogen) atoms. The van der Waals surface area contributed by atoms with E-state index in [1.54, 1.807) is 12.1 Å². The molecule has 130 valence electrons. The van der Waals surface area contributed by atoms with Gasteiger partial charge < -0.3 is 19.2 Å². The average molecular weight is 350 g/mol. The Morgan fingerprint density at radius 1 is 1.29 bits per heavy atom. The summed E-state index contributed by atoms with van der Waals surface area (Å²) >= 11 is 4.36. The fourth-order valence-corrected chi connectivity index (χ4v) is 2.61. The molecule has 1 saturated heterocycles. The Kier molecular flexibility index (Phi) is 5.37. The number of hydrogen-bond acceptors (Lipinski definition) is 6. The van der Waals surface area contributed by atoms with Crippen LogP contribution in [0.1, 0.15) is 43.6 Å². The number of benzene rings is 1. The number of carbonyl (C=O) groups excluding carboxylic acids is 1. The predicted octanol–water partition coefficient (Wildman–Crippen LogP) is 3.16. The first-order valence-electron chi connectivity index (χ1n) is 7.68. The van der Waals surface area contributed by atoms with Gasteiger partial charge in [0.2, 0.25) is 0 Å². The standard InChI is InChI=1S/C17H23BO5S/c1-16(2)17(3,4)23-18(22-16)13(10-24)8-12-6-11(9-19)7-14(21-5)15(12)20/h6-9,20,24H,10H2,1-5H3. The Labute approximate surface area is 148 Å². The molecule has 0 bridgehead atoms. The first kappa shape index (κ1) is 18.9. The largest absolute Gasteiger partial charge is 0.504 e. The molecule has 1 heterocycles. The van der Waals surface area contributed by atoms with Gasteiger partial charge in [0.15, 0.2) is 11.5 Å². The molecule has 0 spiro atoms. The maximum absolute atomic E-state index is 11.1. The summed E-state index contributed by atoms with van der Waals surface area (Å²) in [6, 6.07) is 3.06. The van der Waals surface area contributed by atoms with Gasteiger partial charge in [-0.2, -0.15) is 12.6 Å². The Morgan fingerprint density at radius 3 is 2.33 bits per heavy atom. The summed E-state index contributed by atoms with van der Waals surface area (Å²) in [7, 11) is 0.864. The van der Waals surface area contributed by atoms with Crippen LogP contribution in [0.15, 0.2) is 17.6 Å². The lowest BCUT2D eigenvalue weighted by molar-refractivity contribution is 0.00578. The highest BCUT2D eigenvalue weighted by Gasteiger charge is 2.52. The van der Waals surface area contributed by atoms with Crippen LogP contribution in [0.3, 0.4) is 0 Å². The summed E-state index contributed by atoms with van der Waals surface area (Å²) in [4.78, 5) is 11.1. The van der Waals surface area contributed by atoms with Gasteiger partial charge in [0, 0.05) is 16.9 Å². The summed E-state index contributed by atoms with van der Waals surface area (Å²) in [6.45, 7) is 7.88. The van der Waals surface area contributed by atoms with Crippen molar-refractivity contribution in [1.82, 2.24) is 0 Å². The van der Waals surface area contributed by atoms with Crippen molar-refractivity contribution in [2.45, 2.75) is 38.9 Å². The Hall–Kier alpha value is -1.44. The third kappa shape index (κ3) is 3.48. The molecule has 5 nitrogen and oxygen atoms in total. The first-order valence-corrected chi connectivity index (χ1v) is 8.31. The summed E-state index contributed by atoms with van der Waals surface area (Å²) in [5.41, 5.74) is 0.671. The fourth-order valence-electron chi connectivity index (χ4n) is 2.37. The quantitative estimate of drug-likeness (QED) is 0.485. The number of phenolic OH excluding ortho intramolecular Hbond substituents is 1. The van der Waals surface area contributed by atoms with Gasteiger partial charge in [0.25, 0.3) is 0 Å². The van der Waals surface area contributed by atoms with E-state index in [2.05, 4.69) is 12.6 Å². The van der Waals surface area contributed by atoms with Crippen LogP contribution in [0.25, 0.3) is 6.08 Å². The lowest BCUT2D eigenvalue weighted by Crippen LogP contribution is -2.41. The zero-order chi connectivity index (χ0) is 18.1. The minimum atomic E-state index is -0.571. The SMILES string of the molecule is COc1cc(C=O)cc(C=C(CS)B2OC(C)(C)C(C)(C)O2)c1O. The smallest absolute Gasteiger partial charge is 0.491 e. The van der Waals surface area contributed by atoms with Gasteiger partial charge in [-0.25, -0.2) is 0 Å². The zero-order valence-corrected chi connectivity index (χ0v) is 15.5. The van der Waals surface area contributed by atoms with Crippen molar-refractivity contribution < 1.29 is 23.9 Å². The Bertz CT molecular complexity index is 653. The van der Waals surface area contributed by atoms with Crippen molar-refractivity contribution >= 4 is 32.1 Å². The van der Waals surface area contributed by atoms with E-state index in [1.807, 2.05) is 27.7 Å². The zero-order valence-electron chi connectivity index (χ0n) is 14.6. The monoisotopic (exact) mass is 350 g/mol. The van der Waals surface area contributed by atoms with E-state index in [0.29, 0.717) is 23.2 Å². The number of methoxy groups -OCH3 is 1. The van der Waals surface area contributed by atoms with Gasteiger partial charge >= 0.3 is 7.12 Å². The highest BCUT2D eigenvalue weighted by atomic mass is 32.1. The number of ether oxygens (including phenoxy) is 1. The normalized spacial score (nSPS) is 19.4. The number of rotatable bonds is 5. The van der Waals surface area contributed by atoms with E-state index < -0.39 is 18.3 Å². The molecule has 1 aliphatic rings. The van der Waals surface area contributed by atoms with Crippen molar-refractivity contribution in [3.05, 3.63) is 28.7 Å². The number of carbonyl (C=O) groups is 1. The summed E-state index contributed by atoms with van der Waals surface area (Å²) in [5, 5.41) is 10.3. The van der Waals surface area contributed by atoms with Gasteiger partial charge in [-0.3, -0.25) is 4.79 Å². The van der Waals surface area contributed by atoms with Crippen molar-refractivity contribution in [3.63, 3.8) is 0 Å². The third-order valence-corrected chi connectivity index (χ3v) is 4.93. The molecule has 0 unspecified atom stereocenters. The minimum absolute atomic E-state index is 0.0427. The van der Waals surface area contributed by atoms with E-state index in [-0.39, 0.29) is 11.5 Å². The summed E-state index contributed by atoms with van der Waals surface area (Å²) < 4.78 is 17.2. The second-order valence-corrected chi connectivity index (χ2v) is 7.06. The second-order valence-electron chi connectivity index (χ2n) is 6.74. The number of thiol groups is 1.